The van der Waals surface area contributed by atoms with Crippen LogP contribution < -0.4 is 64.9 Å². The van der Waals surface area contributed by atoms with Crippen molar-refractivity contribution in [3.8, 4) is 5.75 Å². The van der Waals surface area contributed by atoms with E-state index in [0.29, 0.717) is 42.7 Å². The molecule has 2 aromatic carbocycles. The van der Waals surface area contributed by atoms with Crippen LogP contribution >= 0.6 is 21.6 Å². The van der Waals surface area contributed by atoms with Crippen LogP contribution in [-0.4, -0.2) is 149 Å². The lowest BCUT2D eigenvalue weighted by Crippen LogP contribution is -2.61. The number of nitrogens with one attached hydrogen (secondary N) is 7. The number of carbonyl (C=O) groups is 10. The molecule has 1 spiro atoms. The Labute approximate surface area is 468 Å². The molecule has 10 amide bonds. The fraction of sp³-hybridized carbons (Fsp3) is 0.566. The van der Waals surface area contributed by atoms with Crippen molar-refractivity contribution in [1.29, 1.82) is 0 Å². The molecule has 26 heteroatoms. The summed E-state index contributed by atoms with van der Waals surface area (Å²) in [5, 5.41) is 19.0. The summed E-state index contributed by atoms with van der Waals surface area (Å²) in [6, 6.07) is 6.83. The number of aliphatic imine (C=N–C) groups is 1. The van der Waals surface area contributed by atoms with E-state index >= 15 is 0 Å². The number of ether oxygens (including phenoxy) is 1. The van der Waals surface area contributed by atoms with Gasteiger partial charge >= 0.3 is 0 Å². The Kier molecular flexibility index (Phi) is 24.5. The highest BCUT2D eigenvalue weighted by atomic mass is 33.1. The molecule has 3 fully saturated rings. The van der Waals surface area contributed by atoms with Gasteiger partial charge in [0.05, 0.1) is 19.6 Å². The van der Waals surface area contributed by atoms with Crippen molar-refractivity contribution in [2.75, 3.05) is 32.0 Å². The van der Waals surface area contributed by atoms with Crippen LogP contribution in [0.5, 0.6) is 5.75 Å². The number of hydrogen-bond donors (Lipinski definition) is 11. The Balaban J connectivity index is 1.52. The Morgan fingerprint density at radius 3 is 2.04 bits per heavy atom. The van der Waals surface area contributed by atoms with Gasteiger partial charge in [0.25, 0.3) is 0 Å². The van der Waals surface area contributed by atoms with Crippen LogP contribution in [-0.2, 0) is 60.8 Å². The Hall–Kier alpha value is -7.09. The SMILES string of the molecule is CCOc1ccc(CC2NC(=O)CC3(CCCCC3)SSCC(C(=O)N3CCC[C@H]3C(=O)N[C@@H](CCCN=C(N)N)C(=O)NCC(N)=O)NC(=O)[C@H](CC(N)=O)NC(=O)C(C(C)C)NC(=O)[C@H](Cc3ccccc3)NC2=O)cc1. The number of benzene rings is 2. The van der Waals surface area contributed by atoms with Gasteiger partial charge in [-0.25, -0.2) is 0 Å². The summed E-state index contributed by atoms with van der Waals surface area (Å²) in [6.45, 7) is 5.28. The molecule has 15 N–H and O–H groups in total. The van der Waals surface area contributed by atoms with Crippen LogP contribution in [0.1, 0.15) is 103 Å². The van der Waals surface area contributed by atoms with Crippen LogP contribution in [0.4, 0.5) is 0 Å². The minimum Gasteiger partial charge on any atom is -0.494 e. The molecule has 3 unspecified atom stereocenters. The summed E-state index contributed by atoms with van der Waals surface area (Å²) in [5.41, 5.74) is 23.2. The minimum absolute atomic E-state index is 0.0131. The lowest BCUT2D eigenvalue weighted by Gasteiger charge is -2.37. The van der Waals surface area contributed by atoms with Crippen molar-refractivity contribution in [2.45, 2.75) is 151 Å². The maximum absolute atomic E-state index is 15.0. The van der Waals surface area contributed by atoms with E-state index in [1.54, 1.807) is 68.4 Å². The number of nitrogens with two attached hydrogens (primary N) is 4. The number of likely N-dealkylation sites (tertiary alicyclic amines) is 1. The molecule has 5 rings (SSSR count). The van der Waals surface area contributed by atoms with E-state index in [9.17, 15) is 47.9 Å². The number of guanidine groups is 1. The van der Waals surface area contributed by atoms with Gasteiger partial charge in [-0.05, 0) is 74.6 Å². The molecule has 1 saturated carbocycles. The van der Waals surface area contributed by atoms with Gasteiger partial charge in [0.15, 0.2) is 5.96 Å². The molecule has 0 aromatic heterocycles. The van der Waals surface area contributed by atoms with E-state index in [1.165, 1.54) is 26.5 Å². The molecule has 2 saturated heterocycles. The molecular formula is C53H77N13O11S2. The molecule has 3 aliphatic rings. The standard InChI is InChI=1S/C53H77N13O11S2/c1-4-77-34-19-17-33(18-20-34)26-36-46(71)62-37(25-32-13-7-5-8-14-32)48(73)65-44(31(2)3)50(75)63-38(27-41(54)67)47(72)64-39(30-78-79-53(28-43(69)60-36)21-9-6-10-22-53)51(76)66-24-12-16-40(66)49(74)61-35(15-11-23-58-52(56)57)45(70)59-29-42(55)68/h5,7-8,13-14,17-20,31,35-40,44H,4,6,9-12,15-16,21-30H2,1-3H3,(H2,54,67)(H2,55,68)(H,59,70)(H,60,69)(H,61,74)(H,62,71)(H,63,75)(H,64,72)(H,65,73)(H4,56,57,58)/t35-,36?,37-,38-,39?,40-,44?/m0/s1. The van der Waals surface area contributed by atoms with Gasteiger partial charge in [0.1, 0.15) is 48.0 Å². The van der Waals surface area contributed by atoms with Gasteiger partial charge in [-0.2, -0.15) is 0 Å². The van der Waals surface area contributed by atoms with Crippen LogP contribution in [0.15, 0.2) is 59.6 Å². The molecule has 0 bridgehead atoms. The van der Waals surface area contributed by atoms with Crippen molar-refractivity contribution in [2.24, 2.45) is 33.8 Å². The number of primary amides is 2. The zero-order chi connectivity index (χ0) is 57.6. The highest BCUT2D eigenvalue weighted by molar-refractivity contribution is 8.77. The molecular weight excluding hydrogens is 1060 g/mol. The first-order chi connectivity index (χ1) is 37.7. The lowest BCUT2D eigenvalue weighted by atomic mass is 9.85. The first-order valence-corrected chi connectivity index (χ1v) is 29.1. The van der Waals surface area contributed by atoms with E-state index in [1.807, 2.05) is 6.92 Å². The molecule has 432 valence electrons. The van der Waals surface area contributed by atoms with Crippen LogP contribution in [0.2, 0.25) is 0 Å². The number of rotatable bonds is 19. The number of amides is 10. The summed E-state index contributed by atoms with van der Waals surface area (Å²) < 4.78 is 4.92. The zero-order valence-corrected chi connectivity index (χ0v) is 46.7. The molecule has 2 heterocycles. The minimum atomic E-state index is -1.66. The van der Waals surface area contributed by atoms with Crippen molar-refractivity contribution in [3.05, 3.63) is 65.7 Å². The topological polar surface area (TPSA) is 384 Å². The second-order valence-electron chi connectivity index (χ2n) is 20.3. The smallest absolute Gasteiger partial charge is 0.246 e. The maximum Gasteiger partial charge on any atom is 0.246 e. The molecule has 79 heavy (non-hydrogen) atoms. The third-order valence-electron chi connectivity index (χ3n) is 13.7. The van der Waals surface area contributed by atoms with E-state index < -0.39 is 125 Å². The van der Waals surface area contributed by atoms with Crippen molar-refractivity contribution >= 4 is 86.6 Å². The summed E-state index contributed by atoms with van der Waals surface area (Å²) in [5.74, 6) is -7.88. The second-order valence-corrected chi connectivity index (χ2v) is 23.2. The molecule has 7 atom stereocenters. The normalized spacial score (nSPS) is 22.9. The van der Waals surface area contributed by atoms with Crippen molar-refractivity contribution < 1.29 is 52.7 Å². The molecule has 1 aliphatic carbocycles. The van der Waals surface area contributed by atoms with E-state index in [4.69, 9.17) is 27.7 Å². The first kappa shape index (κ1) is 62.7. The first-order valence-electron chi connectivity index (χ1n) is 26.7. The van der Waals surface area contributed by atoms with Gasteiger partial charge < -0.3 is 69.8 Å². The van der Waals surface area contributed by atoms with E-state index in [0.717, 1.165) is 19.3 Å². The zero-order valence-electron chi connectivity index (χ0n) is 45.1. The van der Waals surface area contributed by atoms with Crippen LogP contribution in [0.3, 0.4) is 0 Å². The van der Waals surface area contributed by atoms with Gasteiger partial charge in [0, 0.05) is 42.9 Å². The molecule has 2 aliphatic heterocycles. The average Bonchev–Trinajstić information content (AvgIpc) is 3.91. The summed E-state index contributed by atoms with van der Waals surface area (Å²) >= 11 is 0. The predicted octanol–water partition coefficient (Wildman–Crippen LogP) is -0.555. The number of hydrogen-bond acceptors (Lipinski definition) is 14. The molecule has 24 nitrogen and oxygen atoms in total. The van der Waals surface area contributed by atoms with Crippen molar-refractivity contribution in [1.82, 2.24) is 42.1 Å². The Morgan fingerprint density at radius 2 is 1.41 bits per heavy atom. The summed E-state index contributed by atoms with van der Waals surface area (Å²) in [6.07, 6.45) is 3.75. The fourth-order valence-corrected chi connectivity index (χ4v) is 13.0. The maximum atomic E-state index is 15.0. The monoisotopic (exact) mass is 1140 g/mol. The third-order valence-corrected chi connectivity index (χ3v) is 17.0. The summed E-state index contributed by atoms with van der Waals surface area (Å²) in [7, 11) is 2.59. The van der Waals surface area contributed by atoms with Gasteiger partial charge in [-0.3, -0.25) is 52.9 Å². The fourth-order valence-electron chi connectivity index (χ4n) is 9.66. The largest absolute Gasteiger partial charge is 0.494 e. The highest BCUT2D eigenvalue weighted by Gasteiger charge is 2.42. The third kappa shape index (κ3) is 20.0. The quantitative estimate of drug-likeness (QED) is 0.0364. The average molecular weight is 1140 g/mol. The second kappa shape index (κ2) is 30.9. The number of nitrogens with zero attached hydrogens (tertiary/aromatic N) is 2. The Morgan fingerprint density at radius 1 is 0.772 bits per heavy atom. The van der Waals surface area contributed by atoms with Crippen LogP contribution in [0.25, 0.3) is 0 Å². The Bertz CT molecular complexity index is 2490. The van der Waals surface area contributed by atoms with Gasteiger partial charge in [-0.15, -0.1) is 0 Å². The number of carbonyl (C=O) groups excluding carboxylic acids is 10. The van der Waals surface area contributed by atoms with Gasteiger partial charge in [-0.1, -0.05) is 97.2 Å². The molecule has 0 radical (unpaired) electrons. The van der Waals surface area contributed by atoms with E-state index in [2.05, 4.69) is 42.2 Å². The van der Waals surface area contributed by atoms with Crippen LogP contribution in [0, 0.1) is 5.92 Å². The van der Waals surface area contributed by atoms with Crippen molar-refractivity contribution in [3.63, 3.8) is 0 Å². The van der Waals surface area contributed by atoms with E-state index in [-0.39, 0.29) is 63.3 Å². The summed E-state index contributed by atoms with van der Waals surface area (Å²) in [4.78, 5) is 144. The highest BCUT2D eigenvalue weighted by Crippen LogP contribution is 2.48. The lowest BCUT2D eigenvalue weighted by molar-refractivity contribution is -0.142. The molecule has 2 aromatic rings. The predicted molar refractivity (Wildman–Crippen MR) is 299 cm³/mol. The van der Waals surface area contributed by atoms with Gasteiger partial charge in [0.2, 0.25) is 59.1 Å².